The molecule has 9 aromatic carbocycles. The molecule has 0 saturated heterocycles. The Labute approximate surface area is 388 Å². The van der Waals surface area contributed by atoms with Crippen LogP contribution in [0.1, 0.15) is 12.8 Å². The lowest BCUT2D eigenvalue weighted by Crippen LogP contribution is -2.16. The second kappa shape index (κ2) is 17.0. The number of aromatic nitrogens is 2. The Morgan fingerprint density at radius 1 is 0.424 bits per heavy atom. The molecule has 2 heterocycles. The van der Waals surface area contributed by atoms with Gasteiger partial charge in [-0.15, -0.1) is 11.3 Å². The standard InChI is InChI=1S/C61H44N4S/c1-6-18-46(19-7-1)63(47-20-8-2-9-21-47)51-35-30-43(31-36-51)53-39-40-54(44-32-37-52(38-33-44)64(48-22-10-3-11-23-48)49-24-12-4-13-25-49)60-59(53)62-61(66-60)45-34-41-58-56(42-45)55-28-16-17-29-57(55)65(58)50-26-14-5-15-27-50/h1-3,5-12,14-42H,4,13H2. The van der Waals surface area contributed by atoms with Gasteiger partial charge in [-0.05, 0) is 127 Å². The fourth-order valence-corrected chi connectivity index (χ4v) is 10.6. The van der Waals surface area contributed by atoms with Crippen LogP contribution in [0.3, 0.4) is 0 Å². The minimum Gasteiger partial charge on any atom is -0.311 e. The number of nitrogens with zero attached hydrogens (tertiary/aromatic N) is 4. The molecule has 1 aliphatic carbocycles. The van der Waals surface area contributed by atoms with E-state index in [0.717, 1.165) is 79.7 Å². The van der Waals surface area contributed by atoms with E-state index in [2.05, 4.69) is 257 Å². The van der Waals surface area contributed by atoms with Crippen molar-refractivity contribution < 1.29 is 0 Å². The third-order valence-corrected chi connectivity index (χ3v) is 13.8. The zero-order chi connectivity index (χ0) is 43.8. The Morgan fingerprint density at radius 2 is 0.939 bits per heavy atom. The van der Waals surface area contributed by atoms with E-state index < -0.39 is 0 Å². The maximum atomic E-state index is 5.57. The molecule has 0 fully saturated rings. The van der Waals surface area contributed by atoms with Crippen molar-refractivity contribution in [1.29, 1.82) is 0 Å². The average Bonchev–Trinajstić information content (AvgIpc) is 3.99. The molecule has 2 aromatic heterocycles. The number of benzene rings is 9. The molecule has 0 radical (unpaired) electrons. The molecular weight excluding hydrogens is 821 g/mol. The van der Waals surface area contributed by atoms with Crippen LogP contribution in [0.4, 0.5) is 28.4 Å². The van der Waals surface area contributed by atoms with Crippen molar-refractivity contribution >= 4 is 71.8 Å². The molecule has 0 N–H and O–H groups in total. The van der Waals surface area contributed by atoms with Gasteiger partial charge in [0.2, 0.25) is 0 Å². The van der Waals surface area contributed by atoms with Crippen molar-refractivity contribution in [3.63, 3.8) is 0 Å². The van der Waals surface area contributed by atoms with Gasteiger partial charge in [0, 0.05) is 67.3 Å². The summed E-state index contributed by atoms with van der Waals surface area (Å²) in [6.45, 7) is 0. The first kappa shape index (κ1) is 39.3. The lowest BCUT2D eigenvalue weighted by molar-refractivity contribution is 0.997. The molecule has 12 rings (SSSR count). The fourth-order valence-electron chi connectivity index (χ4n) is 9.52. The van der Waals surface area contributed by atoms with Crippen molar-refractivity contribution in [2.75, 3.05) is 9.80 Å². The van der Waals surface area contributed by atoms with Crippen LogP contribution < -0.4 is 9.80 Å². The van der Waals surface area contributed by atoms with Crippen molar-refractivity contribution in [3.8, 4) is 38.5 Å². The highest BCUT2D eigenvalue weighted by molar-refractivity contribution is 7.22. The topological polar surface area (TPSA) is 24.3 Å². The van der Waals surface area contributed by atoms with E-state index >= 15 is 0 Å². The molecular formula is C61H44N4S. The summed E-state index contributed by atoms with van der Waals surface area (Å²) >= 11 is 1.78. The zero-order valence-corrected chi connectivity index (χ0v) is 37.0. The largest absolute Gasteiger partial charge is 0.311 e. The van der Waals surface area contributed by atoms with E-state index in [1.807, 2.05) is 0 Å². The van der Waals surface area contributed by atoms with Crippen LogP contribution in [0, 0.1) is 0 Å². The van der Waals surface area contributed by atoms with Crippen LogP contribution in [0.25, 0.3) is 70.5 Å². The molecule has 66 heavy (non-hydrogen) atoms. The van der Waals surface area contributed by atoms with Crippen LogP contribution in [0.5, 0.6) is 0 Å². The maximum Gasteiger partial charge on any atom is 0.124 e. The lowest BCUT2D eigenvalue weighted by atomic mass is 9.98. The molecule has 314 valence electrons. The van der Waals surface area contributed by atoms with Gasteiger partial charge in [0.05, 0.1) is 21.3 Å². The van der Waals surface area contributed by atoms with Gasteiger partial charge in [0.1, 0.15) is 5.01 Å². The monoisotopic (exact) mass is 864 g/mol. The molecule has 0 amide bonds. The van der Waals surface area contributed by atoms with E-state index in [1.54, 1.807) is 11.3 Å². The fraction of sp³-hybridized carbons (Fsp3) is 0.0328. The van der Waals surface area contributed by atoms with Crippen molar-refractivity contribution in [2.24, 2.45) is 0 Å². The van der Waals surface area contributed by atoms with Crippen molar-refractivity contribution in [2.45, 2.75) is 12.8 Å². The summed E-state index contributed by atoms with van der Waals surface area (Å²) in [6, 6.07) is 80.6. The number of anilines is 5. The number of thiazole rings is 1. The summed E-state index contributed by atoms with van der Waals surface area (Å²) in [7, 11) is 0. The van der Waals surface area contributed by atoms with Gasteiger partial charge in [0.15, 0.2) is 0 Å². The smallest absolute Gasteiger partial charge is 0.124 e. The minimum absolute atomic E-state index is 0.996. The average molecular weight is 865 g/mol. The second-order valence-electron chi connectivity index (χ2n) is 16.7. The Kier molecular flexibility index (Phi) is 10.2. The molecule has 0 saturated carbocycles. The van der Waals surface area contributed by atoms with Crippen LogP contribution in [-0.4, -0.2) is 9.55 Å². The Balaban J connectivity index is 0.992. The van der Waals surface area contributed by atoms with Gasteiger partial charge >= 0.3 is 0 Å². The number of allylic oxidation sites excluding steroid dienone is 3. The molecule has 5 heteroatoms. The highest BCUT2D eigenvalue weighted by atomic mass is 32.1. The molecule has 0 bridgehead atoms. The normalized spacial score (nSPS) is 12.5. The second-order valence-corrected chi connectivity index (χ2v) is 17.7. The number of hydrogen-bond donors (Lipinski definition) is 0. The predicted octanol–water partition coefficient (Wildman–Crippen LogP) is 17.2. The molecule has 11 aromatic rings. The third-order valence-electron chi connectivity index (χ3n) is 12.6. The maximum absolute atomic E-state index is 5.57. The first-order valence-corrected chi connectivity index (χ1v) is 23.4. The van der Waals surface area contributed by atoms with Crippen LogP contribution in [-0.2, 0) is 0 Å². The molecule has 4 nitrogen and oxygen atoms in total. The van der Waals surface area contributed by atoms with Gasteiger partial charge in [-0.1, -0.05) is 140 Å². The summed E-state index contributed by atoms with van der Waals surface area (Å²) in [5.74, 6) is 0. The van der Waals surface area contributed by atoms with E-state index in [-0.39, 0.29) is 0 Å². The number of para-hydroxylation sites is 5. The summed E-state index contributed by atoms with van der Waals surface area (Å²) < 4.78 is 3.53. The van der Waals surface area contributed by atoms with E-state index in [9.17, 15) is 0 Å². The number of rotatable bonds is 10. The first-order valence-electron chi connectivity index (χ1n) is 22.6. The Bertz CT molecular complexity index is 3520. The van der Waals surface area contributed by atoms with Crippen molar-refractivity contribution in [3.05, 3.63) is 248 Å². The van der Waals surface area contributed by atoms with E-state index in [1.165, 1.54) is 37.8 Å². The van der Waals surface area contributed by atoms with Crippen LogP contribution >= 0.6 is 11.3 Å². The summed E-state index contributed by atoms with van der Waals surface area (Å²) in [5, 5.41) is 3.44. The van der Waals surface area contributed by atoms with Gasteiger partial charge in [-0.2, -0.15) is 0 Å². The molecule has 0 atom stereocenters. The third kappa shape index (κ3) is 7.16. The van der Waals surface area contributed by atoms with E-state index in [0.29, 0.717) is 0 Å². The first-order chi connectivity index (χ1) is 32.7. The van der Waals surface area contributed by atoms with Gasteiger partial charge < -0.3 is 14.4 Å². The quantitative estimate of drug-likeness (QED) is 0.137. The molecule has 0 unspecified atom stereocenters. The summed E-state index contributed by atoms with van der Waals surface area (Å²) in [4.78, 5) is 10.2. The van der Waals surface area contributed by atoms with Gasteiger partial charge in [0.25, 0.3) is 0 Å². The van der Waals surface area contributed by atoms with Crippen LogP contribution in [0.2, 0.25) is 0 Å². The minimum atomic E-state index is 0.996. The number of hydrogen-bond acceptors (Lipinski definition) is 4. The van der Waals surface area contributed by atoms with Crippen molar-refractivity contribution in [1.82, 2.24) is 9.55 Å². The number of fused-ring (bicyclic) bond motifs is 4. The Hall–Kier alpha value is -8.25. The zero-order valence-electron chi connectivity index (χ0n) is 36.2. The van der Waals surface area contributed by atoms with E-state index in [4.69, 9.17) is 4.98 Å². The summed E-state index contributed by atoms with van der Waals surface area (Å²) in [5.41, 5.74) is 17.0. The van der Waals surface area contributed by atoms with Gasteiger partial charge in [-0.3, -0.25) is 0 Å². The Morgan fingerprint density at radius 3 is 1.58 bits per heavy atom. The molecule has 0 spiro atoms. The molecule has 0 aliphatic heterocycles. The van der Waals surface area contributed by atoms with Crippen LogP contribution in [0.15, 0.2) is 248 Å². The lowest BCUT2D eigenvalue weighted by Gasteiger charge is -2.27. The summed E-state index contributed by atoms with van der Waals surface area (Å²) in [6.07, 6.45) is 8.97. The predicted molar refractivity (Wildman–Crippen MR) is 280 cm³/mol. The SMILES string of the molecule is C1=CC(N(c2ccccc2)c2ccc(-c3ccc(-c4ccc(N(c5ccccc5)c5ccccc5)cc4)c4nc(-c5ccc6c(c5)c5ccccc5n6-c5ccccc5)sc34)cc2)=CCC1. The van der Waals surface area contributed by atoms with Gasteiger partial charge in [-0.25, -0.2) is 4.98 Å². The molecule has 1 aliphatic rings. The highest BCUT2D eigenvalue weighted by Gasteiger charge is 2.21. The highest BCUT2D eigenvalue weighted by Crippen LogP contribution is 2.45.